The SMILES string of the molecule is CC[C@@H](C)[NH+]1CCN(S(C)(=O)=O)CC1. The molecule has 1 aliphatic rings. The maximum absolute atomic E-state index is 11.2. The van der Waals surface area contributed by atoms with E-state index in [0.29, 0.717) is 19.1 Å². The monoisotopic (exact) mass is 221 g/mol. The van der Waals surface area contributed by atoms with Crippen molar-refractivity contribution < 1.29 is 13.3 Å². The number of hydrogen-bond acceptors (Lipinski definition) is 2. The van der Waals surface area contributed by atoms with Crippen LogP contribution in [0.5, 0.6) is 0 Å². The average Bonchev–Trinajstić information content (AvgIpc) is 2.15. The highest BCUT2D eigenvalue weighted by atomic mass is 32.2. The number of nitrogens with zero attached hydrogens (tertiary/aromatic N) is 1. The largest absolute Gasteiger partial charge is 0.331 e. The van der Waals surface area contributed by atoms with Gasteiger partial charge in [0.2, 0.25) is 10.0 Å². The predicted molar refractivity (Wildman–Crippen MR) is 56.9 cm³/mol. The first-order valence-electron chi connectivity index (χ1n) is 5.25. The van der Waals surface area contributed by atoms with Crippen LogP contribution in [-0.4, -0.2) is 51.2 Å². The molecular formula is C9H21N2O2S+. The molecule has 0 radical (unpaired) electrons. The van der Waals surface area contributed by atoms with Crippen LogP contribution >= 0.6 is 0 Å². The third-order valence-corrected chi connectivity index (χ3v) is 4.45. The zero-order chi connectivity index (χ0) is 10.8. The zero-order valence-electron chi connectivity index (χ0n) is 9.28. The van der Waals surface area contributed by atoms with Gasteiger partial charge in [-0.05, 0) is 13.3 Å². The van der Waals surface area contributed by atoms with E-state index < -0.39 is 10.0 Å². The summed E-state index contributed by atoms with van der Waals surface area (Å²) in [5, 5.41) is 0. The highest BCUT2D eigenvalue weighted by Gasteiger charge is 2.27. The van der Waals surface area contributed by atoms with Crippen LogP contribution in [0.3, 0.4) is 0 Å². The van der Waals surface area contributed by atoms with Gasteiger partial charge in [0.25, 0.3) is 0 Å². The maximum atomic E-state index is 11.2. The molecule has 0 spiro atoms. The van der Waals surface area contributed by atoms with Gasteiger partial charge in [-0.15, -0.1) is 0 Å². The van der Waals surface area contributed by atoms with E-state index in [2.05, 4.69) is 13.8 Å². The topological polar surface area (TPSA) is 41.8 Å². The third-order valence-electron chi connectivity index (χ3n) is 3.14. The normalized spacial score (nSPS) is 23.6. The molecule has 84 valence electrons. The smallest absolute Gasteiger partial charge is 0.211 e. The van der Waals surface area contributed by atoms with Gasteiger partial charge in [-0.1, -0.05) is 6.92 Å². The minimum Gasteiger partial charge on any atom is -0.331 e. The Labute approximate surface area is 86.9 Å². The van der Waals surface area contributed by atoms with Gasteiger partial charge in [0, 0.05) is 0 Å². The molecule has 0 aliphatic carbocycles. The third kappa shape index (κ3) is 2.93. The van der Waals surface area contributed by atoms with E-state index in [1.165, 1.54) is 11.2 Å². The Kier molecular flexibility index (Phi) is 3.92. The van der Waals surface area contributed by atoms with Gasteiger partial charge >= 0.3 is 0 Å². The predicted octanol–water partition coefficient (Wildman–Crippen LogP) is -1.05. The molecule has 14 heavy (non-hydrogen) atoms. The lowest BCUT2D eigenvalue weighted by atomic mass is 10.2. The van der Waals surface area contributed by atoms with E-state index in [0.717, 1.165) is 19.5 Å². The number of sulfonamides is 1. The Morgan fingerprint density at radius 2 is 1.86 bits per heavy atom. The van der Waals surface area contributed by atoms with Gasteiger partial charge in [0.05, 0.1) is 38.5 Å². The number of quaternary nitrogens is 1. The summed E-state index contributed by atoms with van der Waals surface area (Å²) < 4.78 is 24.1. The van der Waals surface area contributed by atoms with Crippen LogP contribution in [-0.2, 0) is 10.0 Å². The van der Waals surface area contributed by atoms with Crippen molar-refractivity contribution in [3.8, 4) is 0 Å². The quantitative estimate of drug-likeness (QED) is 0.660. The Morgan fingerprint density at radius 1 is 1.36 bits per heavy atom. The van der Waals surface area contributed by atoms with E-state index in [-0.39, 0.29) is 0 Å². The molecule has 1 fully saturated rings. The summed E-state index contributed by atoms with van der Waals surface area (Å²) in [5.74, 6) is 0. The number of nitrogens with one attached hydrogen (secondary N) is 1. The van der Waals surface area contributed by atoms with Crippen LogP contribution < -0.4 is 4.90 Å². The zero-order valence-corrected chi connectivity index (χ0v) is 10.1. The van der Waals surface area contributed by atoms with Gasteiger partial charge in [-0.2, -0.15) is 4.31 Å². The van der Waals surface area contributed by atoms with Crippen LogP contribution in [0, 0.1) is 0 Å². The van der Waals surface area contributed by atoms with Crippen molar-refractivity contribution >= 4 is 10.0 Å². The van der Waals surface area contributed by atoms with Crippen LogP contribution in [0.15, 0.2) is 0 Å². The lowest BCUT2D eigenvalue weighted by Gasteiger charge is -2.33. The summed E-state index contributed by atoms with van der Waals surface area (Å²) in [4.78, 5) is 1.53. The lowest BCUT2D eigenvalue weighted by molar-refractivity contribution is -0.927. The van der Waals surface area contributed by atoms with Crippen LogP contribution in [0.1, 0.15) is 20.3 Å². The summed E-state index contributed by atoms with van der Waals surface area (Å²) in [7, 11) is -2.96. The summed E-state index contributed by atoms with van der Waals surface area (Å²) in [6.45, 7) is 7.66. The van der Waals surface area contributed by atoms with Gasteiger partial charge in [0.1, 0.15) is 0 Å². The Balaban J connectivity index is 2.47. The summed E-state index contributed by atoms with van der Waals surface area (Å²) >= 11 is 0. The fourth-order valence-electron chi connectivity index (χ4n) is 1.89. The molecule has 0 saturated carbocycles. The average molecular weight is 221 g/mol. The maximum Gasteiger partial charge on any atom is 0.211 e. The molecule has 1 aliphatic heterocycles. The van der Waals surface area contributed by atoms with E-state index in [4.69, 9.17) is 0 Å². The van der Waals surface area contributed by atoms with Crippen molar-refractivity contribution in [2.24, 2.45) is 0 Å². The van der Waals surface area contributed by atoms with E-state index in [9.17, 15) is 8.42 Å². The fourth-order valence-corrected chi connectivity index (χ4v) is 2.73. The second-order valence-electron chi connectivity index (χ2n) is 4.13. The molecule has 1 heterocycles. The van der Waals surface area contributed by atoms with E-state index in [1.807, 2.05) is 0 Å². The summed E-state index contributed by atoms with van der Waals surface area (Å²) in [5.41, 5.74) is 0. The first-order valence-corrected chi connectivity index (χ1v) is 7.09. The minimum absolute atomic E-state index is 0.650. The second kappa shape index (κ2) is 4.59. The molecule has 0 aromatic heterocycles. The molecule has 0 aromatic rings. The molecule has 1 rings (SSSR count). The number of piperazine rings is 1. The van der Waals surface area contributed by atoms with Crippen molar-refractivity contribution in [2.75, 3.05) is 32.4 Å². The molecule has 5 heteroatoms. The summed E-state index contributed by atoms with van der Waals surface area (Å²) in [6.07, 6.45) is 2.45. The van der Waals surface area contributed by atoms with Gasteiger partial charge in [0.15, 0.2) is 0 Å². The second-order valence-corrected chi connectivity index (χ2v) is 6.11. The van der Waals surface area contributed by atoms with Crippen molar-refractivity contribution in [3.05, 3.63) is 0 Å². The molecule has 0 amide bonds. The molecule has 1 N–H and O–H groups in total. The highest BCUT2D eigenvalue weighted by molar-refractivity contribution is 7.88. The Morgan fingerprint density at radius 3 is 2.21 bits per heavy atom. The molecular weight excluding hydrogens is 200 g/mol. The number of hydrogen-bond donors (Lipinski definition) is 1. The standard InChI is InChI=1S/C9H20N2O2S/c1-4-9(2)10-5-7-11(8-6-10)14(3,12)13/h9H,4-8H2,1-3H3/p+1/t9-/m1/s1. The minimum atomic E-state index is -2.96. The van der Waals surface area contributed by atoms with Crippen LogP contribution in [0.4, 0.5) is 0 Å². The molecule has 0 unspecified atom stereocenters. The fraction of sp³-hybridized carbons (Fsp3) is 1.00. The van der Waals surface area contributed by atoms with Crippen molar-refractivity contribution in [3.63, 3.8) is 0 Å². The highest BCUT2D eigenvalue weighted by Crippen LogP contribution is 1.98. The van der Waals surface area contributed by atoms with E-state index in [1.54, 1.807) is 4.31 Å². The first-order chi connectivity index (χ1) is 6.45. The molecule has 0 aromatic carbocycles. The van der Waals surface area contributed by atoms with Crippen molar-refractivity contribution in [1.29, 1.82) is 0 Å². The van der Waals surface area contributed by atoms with Gasteiger partial charge in [-0.3, -0.25) is 0 Å². The van der Waals surface area contributed by atoms with Crippen LogP contribution in [0.2, 0.25) is 0 Å². The molecule has 0 bridgehead atoms. The Bertz CT molecular complexity index is 269. The molecule has 4 nitrogen and oxygen atoms in total. The number of rotatable bonds is 3. The molecule has 1 saturated heterocycles. The first kappa shape index (κ1) is 11.9. The summed E-state index contributed by atoms with van der Waals surface area (Å²) in [6, 6.07) is 0.650. The Hall–Kier alpha value is -0.130. The van der Waals surface area contributed by atoms with E-state index >= 15 is 0 Å². The van der Waals surface area contributed by atoms with Crippen LogP contribution in [0.25, 0.3) is 0 Å². The van der Waals surface area contributed by atoms with Crippen molar-refractivity contribution in [2.45, 2.75) is 26.3 Å². The lowest BCUT2D eigenvalue weighted by Crippen LogP contribution is -3.17. The molecule has 1 atom stereocenters. The van der Waals surface area contributed by atoms with Crippen molar-refractivity contribution in [1.82, 2.24) is 4.31 Å². The van der Waals surface area contributed by atoms with Gasteiger partial charge < -0.3 is 4.90 Å². The van der Waals surface area contributed by atoms with Gasteiger partial charge in [-0.25, -0.2) is 8.42 Å².